The van der Waals surface area contributed by atoms with Crippen LogP contribution in [0, 0.1) is 6.92 Å². The lowest BCUT2D eigenvalue weighted by molar-refractivity contribution is 0.0730. The standard InChI is InChI=1S/C19H18ClN3O/c1-12-8-9-13(11-14(12)20)19(24)23-10-4-7-17(23)18-21-15-5-2-3-6-16(15)22-18/h2-3,5-6,8-9,11,17H,4,7,10H2,1H3,(H,21,22). The third-order valence-electron chi connectivity index (χ3n) is 4.66. The molecule has 1 fully saturated rings. The van der Waals surface area contributed by atoms with Crippen LogP contribution < -0.4 is 0 Å². The molecule has 0 spiro atoms. The summed E-state index contributed by atoms with van der Waals surface area (Å²) in [6.07, 6.45) is 1.90. The SMILES string of the molecule is Cc1ccc(C(=O)N2CCCC2c2nc3ccccc3[nH]2)cc1Cl. The zero-order chi connectivity index (χ0) is 16.7. The zero-order valence-electron chi connectivity index (χ0n) is 13.4. The van der Waals surface area contributed by atoms with Crippen LogP contribution >= 0.6 is 11.6 Å². The van der Waals surface area contributed by atoms with E-state index in [0.717, 1.165) is 41.8 Å². The maximum atomic E-state index is 12.9. The fraction of sp³-hybridized carbons (Fsp3) is 0.263. The average molecular weight is 340 g/mol. The highest BCUT2D eigenvalue weighted by atomic mass is 35.5. The lowest BCUT2D eigenvalue weighted by Crippen LogP contribution is -2.31. The predicted molar refractivity (Wildman–Crippen MR) is 95.3 cm³/mol. The van der Waals surface area contributed by atoms with Crippen LogP contribution in [0.1, 0.15) is 40.6 Å². The lowest BCUT2D eigenvalue weighted by Gasteiger charge is -2.23. The minimum atomic E-state index is -0.00928. The van der Waals surface area contributed by atoms with Gasteiger partial charge in [-0.1, -0.05) is 29.8 Å². The zero-order valence-corrected chi connectivity index (χ0v) is 14.2. The largest absolute Gasteiger partial charge is 0.340 e. The number of para-hydroxylation sites is 2. The second-order valence-electron chi connectivity index (χ2n) is 6.26. The van der Waals surface area contributed by atoms with Crippen molar-refractivity contribution in [3.8, 4) is 0 Å². The molecule has 0 radical (unpaired) electrons. The first-order valence-electron chi connectivity index (χ1n) is 8.15. The minimum absolute atomic E-state index is 0.00928. The number of carbonyl (C=O) groups excluding carboxylic acids is 1. The van der Waals surface area contributed by atoms with Crippen molar-refractivity contribution in [2.24, 2.45) is 0 Å². The molecule has 2 heterocycles. The van der Waals surface area contributed by atoms with Gasteiger partial charge in [-0.05, 0) is 49.6 Å². The Morgan fingerprint density at radius 1 is 1.29 bits per heavy atom. The molecular weight excluding hydrogens is 322 g/mol. The number of aromatic nitrogens is 2. The van der Waals surface area contributed by atoms with Crippen molar-refractivity contribution in [2.75, 3.05) is 6.54 Å². The Bertz CT molecular complexity index is 885. The van der Waals surface area contributed by atoms with E-state index in [4.69, 9.17) is 11.6 Å². The van der Waals surface area contributed by atoms with Gasteiger partial charge in [0.2, 0.25) is 0 Å². The average Bonchev–Trinajstić information content (AvgIpc) is 3.22. The molecule has 1 aliphatic rings. The van der Waals surface area contributed by atoms with Crippen LogP contribution in [0.25, 0.3) is 11.0 Å². The van der Waals surface area contributed by atoms with Gasteiger partial charge in [0, 0.05) is 17.1 Å². The summed E-state index contributed by atoms with van der Waals surface area (Å²) < 4.78 is 0. The number of hydrogen-bond acceptors (Lipinski definition) is 2. The summed E-state index contributed by atoms with van der Waals surface area (Å²) in [4.78, 5) is 22.9. The molecular formula is C19H18ClN3O. The summed E-state index contributed by atoms with van der Waals surface area (Å²) in [7, 11) is 0. The van der Waals surface area contributed by atoms with Crippen LogP contribution in [0.2, 0.25) is 5.02 Å². The Kier molecular flexibility index (Phi) is 3.77. The van der Waals surface area contributed by atoms with Crippen LogP contribution in [-0.4, -0.2) is 27.3 Å². The summed E-state index contributed by atoms with van der Waals surface area (Å²) in [6.45, 7) is 2.68. The first-order chi connectivity index (χ1) is 11.6. The number of nitrogens with one attached hydrogen (secondary N) is 1. The molecule has 1 aliphatic heterocycles. The molecule has 1 unspecified atom stereocenters. The maximum absolute atomic E-state index is 12.9. The molecule has 122 valence electrons. The summed E-state index contributed by atoms with van der Waals surface area (Å²) >= 11 is 6.18. The third-order valence-corrected chi connectivity index (χ3v) is 5.06. The van der Waals surface area contributed by atoms with Crippen LogP contribution in [0.4, 0.5) is 0 Å². The number of aromatic amines is 1. The molecule has 5 heteroatoms. The number of nitrogens with zero attached hydrogens (tertiary/aromatic N) is 2. The summed E-state index contributed by atoms with van der Waals surface area (Å²) in [5.74, 6) is 0.875. The molecule has 0 aliphatic carbocycles. The van der Waals surface area contributed by atoms with E-state index in [0.29, 0.717) is 10.6 Å². The quantitative estimate of drug-likeness (QED) is 0.747. The number of imidazole rings is 1. The molecule has 1 saturated heterocycles. The van der Waals surface area contributed by atoms with E-state index >= 15 is 0 Å². The van der Waals surface area contributed by atoms with E-state index in [1.165, 1.54) is 0 Å². The van der Waals surface area contributed by atoms with Gasteiger partial charge in [-0.25, -0.2) is 4.98 Å². The number of aryl methyl sites for hydroxylation is 1. The Morgan fingerprint density at radius 3 is 2.92 bits per heavy atom. The van der Waals surface area contributed by atoms with Crippen molar-refractivity contribution in [2.45, 2.75) is 25.8 Å². The molecule has 1 N–H and O–H groups in total. The highest BCUT2D eigenvalue weighted by Crippen LogP contribution is 2.33. The normalized spacial score (nSPS) is 17.6. The van der Waals surface area contributed by atoms with Crippen molar-refractivity contribution >= 4 is 28.5 Å². The van der Waals surface area contributed by atoms with Crippen LogP contribution in [-0.2, 0) is 0 Å². The van der Waals surface area contributed by atoms with Crippen molar-refractivity contribution in [3.63, 3.8) is 0 Å². The van der Waals surface area contributed by atoms with Gasteiger partial charge in [0.25, 0.3) is 5.91 Å². The molecule has 1 atom stereocenters. The van der Waals surface area contributed by atoms with Gasteiger partial charge >= 0.3 is 0 Å². The number of fused-ring (bicyclic) bond motifs is 1. The van der Waals surface area contributed by atoms with Gasteiger partial charge in [0.05, 0.1) is 17.1 Å². The number of likely N-dealkylation sites (tertiary alicyclic amines) is 1. The molecule has 0 bridgehead atoms. The summed E-state index contributed by atoms with van der Waals surface area (Å²) in [5, 5.41) is 0.625. The lowest BCUT2D eigenvalue weighted by atomic mass is 10.1. The Morgan fingerprint density at radius 2 is 2.12 bits per heavy atom. The van der Waals surface area contributed by atoms with Crippen molar-refractivity contribution in [1.29, 1.82) is 0 Å². The van der Waals surface area contributed by atoms with E-state index in [1.54, 1.807) is 6.07 Å². The van der Waals surface area contributed by atoms with Gasteiger partial charge < -0.3 is 9.88 Å². The Labute approximate surface area is 145 Å². The number of hydrogen-bond donors (Lipinski definition) is 1. The van der Waals surface area contributed by atoms with Crippen molar-refractivity contribution in [1.82, 2.24) is 14.9 Å². The fourth-order valence-corrected chi connectivity index (χ4v) is 3.50. The van der Waals surface area contributed by atoms with Gasteiger partial charge in [0.1, 0.15) is 5.82 Å². The molecule has 4 rings (SSSR count). The highest BCUT2D eigenvalue weighted by Gasteiger charge is 2.32. The molecule has 4 nitrogen and oxygen atoms in total. The molecule has 24 heavy (non-hydrogen) atoms. The second-order valence-corrected chi connectivity index (χ2v) is 6.67. The van der Waals surface area contributed by atoms with Gasteiger partial charge in [-0.15, -0.1) is 0 Å². The van der Waals surface area contributed by atoms with E-state index < -0.39 is 0 Å². The van der Waals surface area contributed by atoms with Crippen LogP contribution in [0.5, 0.6) is 0 Å². The van der Waals surface area contributed by atoms with E-state index in [1.807, 2.05) is 48.2 Å². The van der Waals surface area contributed by atoms with E-state index in [-0.39, 0.29) is 11.9 Å². The number of carbonyl (C=O) groups is 1. The van der Waals surface area contributed by atoms with Crippen molar-refractivity contribution < 1.29 is 4.79 Å². The van der Waals surface area contributed by atoms with Crippen LogP contribution in [0.15, 0.2) is 42.5 Å². The number of halogens is 1. The highest BCUT2D eigenvalue weighted by molar-refractivity contribution is 6.31. The van der Waals surface area contributed by atoms with E-state index in [9.17, 15) is 4.79 Å². The monoisotopic (exact) mass is 339 g/mol. The molecule has 0 saturated carbocycles. The molecule has 3 aromatic rings. The van der Waals surface area contributed by atoms with Gasteiger partial charge in [-0.3, -0.25) is 4.79 Å². The number of amides is 1. The fourth-order valence-electron chi connectivity index (χ4n) is 3.32. The number of H-pyrrole nitrogens is 1. The minimum Gasteiger partial charge on any atom is -0.340 e. The Balaban J connectivity index is 1.66. The Hall–Kier alpha value is -2.33. The summed E-state index contributed by atoms with van der Waals surface area (Å²) in [5.41, 5.74) is 3.55. The number of benzene rings is 2. The number of rotatable bonds is 2. The molecule has 2 aromatic carbocycles. The smallest absolute Gasteiger partial charge is 0.254 e. The van der Waals surface area contributed by atoms with Crippen LogP contribution in [0.3, 0.4) is 0 Å². The maximum Gasteiger partial charge on any atom is 0.254 e. The first kappa shape index (κ1) is 15.2. The van der Waals surface area contributed by atoms with Gasteiger partial charge in [0.15, 0.2) is 0 Å². The van der Waals surface area contributed by atoms with Crippen molar-refractivity contribution in [3.05, 3.63) is 64.4 Å². The first-order valence-corrected chi connectivity index (χ1v) is 8.53. The van der Waals surface area contributed by atoms with Gasteiger partial charge in [-0.2, -0.15) is 0 Å². The van der Waals surface area contributed by atoms with E-state index in [2.05, 4.69) is 9.97 Å². The summed E-state index contributed by atoms with van der Waals surface area (Å²) in [6, 6.07) is 13.4. The molecule has 1 amide bonds. The topological polar surface area (TPSA) is 49.0 Å². The second kappa shape index (κ2) is 5.95. The third kappa shape index (κ3) is 2.57. The molecule has 1 aromatic heterocycles. The predicted octanol–water partition coefficient (Wildman–Crippen LogP) is 4.50.